The molecular formula is C10H14BrFN2O. The first kappa shape index (κ1) is 12.3. The van der Waals surface area contributed by atoms with Crippen molar-refractivity contribution in [2.75, 3.05) is 24.2 Å². The molecule has 3 nitrogen and oxygen atoms in total. The minimum absolute atomic E-state index is 0.106. The van der Waals surface area contributed by atoms with Gasteiger partial charge >= 0.3 is 0 Å². The Morgan fingerprint density at radius 1 is 1.60 bits per heavy atom. The minimum atomic E-state index is -0.381. The van der Waals surface area contributed by atoms with Gasteiger partial charge in [-0.1, -0.05) is 6.92 Å². The Balaban J connectivity index is 2.73. The molecule has 0 saturated carbocycles. The van der Waals surface area contributed by atoms with E-state index in [0.717, 1.165) is 0 Å². The second kappa shape index (κ2) is 5.32. The normalized spacial score (nSPS) is 12.5. The standard InChI is InChI=1S/C10H14BrFN2O/c1-6(5-15)4-14-10-2-7(11)8(12)3-9(10)13/h2-3,6,14-15H,4-5,13H2,1H3. The van der Waals surface area contributed by atoms with Gasteiger partial charge in [-0.2, -0.15) is 0 Å². The van der Waals surface area contributed by atoms with Crippen LogP contribution in [-0.2, 0) is 0 Å². The molecule has 0 bridgehead atoms. The van der Waals surface area contributed by atoms with E-state index in [9.17, 15) is 4.39 Å². The van der Waals surface area contributed by atoms with Crippen molar-refractivity contribution in [3.05, 3.63) is 22.4 Å². The number of anilines is 2. The number of nitrogens with one attached hydrogen (secondary N) is 1. The average molecular weight is 277 g/mol. The summed E-state index contributed by atoms with van der Waals surface area (Å²) in [5, 5.41) is 11.9. The Morgan fingerprint density at radius 3 is 2.87 bits per heavy atom. The van der Waals surface area contributed by atoms with Crippen molar-refractivity contribution in [2.45, 2.75) is 6.92 Å². The third-order valence-electron chi connectivity index (χ3n) is 2.05. The highest BCUT2D eigenvalue weighted by molar-refractivity contribution is 9.10. The molecule has 0 aliphatic rings. The lowest BCUT2D eigenvalue weighted by Crippen LogP contribution is -2.15. The van der Waals surface area contributed by atoms with Crippen LogP contribution in [0.25, 0.3) is 0 Å². The van der Waals surface area contributed by atoms with E-state index in [4.69, 9.17) is 10.8 Å². The zero-order chi connectivity index (χ0) is 11.4. The van der Waals surface area contributed by atoms with Crippen molar-refractivity contribution < 1.29 is 9.50 Å². The molecule has 0 aliphatic heterocycles. The van der Waals surface area contributed by atoms with Gasteiger partial charge in [0.2, 0.25) is 0 Å². The Kier molecular flexibility index (Phi) is 4.35. The fourth-order valence-electron chi connectivity index (χ4n) is 1.06. The molecule has 4 N–H and O–H groups in total. The third kappa shape index (κ3) is 3.35. The van der Waals surface area contributed by atoms with Crippen molar-refractivity contribution >= 4 is 27.3 Å². The number of hydrogen-bond donors (Lipinski definition) is 3. The number of nitrogen functional groups attached to an aromatic ring is 1. The first-order valence-corrected chi connectivity index (χ1v) is 5.43. The molecule has 0 heterocycles. The molecule has 1 rings (SSSR count). The molecule has 15 heavy (non-hydrogen) atoms. The maximum absolute atomic E-state index is 13.0. The Morgan fingerprint density at radius 2 is 2.27 bits per heavy atom. The van der Waals surface area contributed by atoms with Gasteiger partial charge in [-0.25, -0.2) is 4.39 Å². The van der Waals surface area contributed by atoms with Crippen LogP contribution in [0.2, 0.25) is 0 Å². The maximum atomic E-state index is 13.0. The highest BCUT2D eigenvalue weighted by atomic mass is 79.9. The van der Waals surface area contributed by atoms with E-state index in [-0.39, 0.29) is 18.3 Å². The predicted octanol–water partition coefficient (Wildman–Crippen LogP) is 2.21. The number of rotatable bonds is 4. The van der Waals surface area contributed by atoms with Gasteiger partial charge in [0.1, 0.15) is 5.82 Å². The Labute approximate surface area is 96.6 Å². The molecule has 5 heteroatoms. The summed E-state index contributed by atoms with van der Waals surface area (Å²) in [5.74, 6) is -0.249. The fraction of sp³-hybridized carbons (Fsp3) is 0.400. The number of aliphatic hydroxyl groups excluding tert-OH is 1. The molecule has 1 aromatic carbocycles. The van der Waals surface area contributed by atoms with E-state index in [1.165, 1.54) is 6.07 Å². The van der Waals surface area contributed by atoms with Gasteiger partial charge < -0.3 is 16.2 Å². The summed E-state index contributed by atoms with van der Waals surface area (Å²) in [6.45, 7) is 2.61. The van der Waals surface area contributed by atoms with E-state index >= 15 is 0 Å². The van der Waals surface area contributed by atoms with Gasteiger partial charge in [-0.3, -0.25) is 0 Å². The molecule has 1 unspecified atom stereocenters. The monoisotopic (exact) mass is 276 g/mol. The zero-order valence-electron chi connectivity index (χ0n) is 8.43. The predicted molar refractivity (Wildman–Crippen MR) is 63.3 cm³/mol. The topological polar surface area (TPSA) is 58.3 Å². The molecule has 0 aliphatic carbocycles. The van der Waals surface area contributed by atoms with Crippen LogP contribution in [-0.4, -0.2) is 18.3 Å². The zero-order valence-corrected chi connectivity index (χ0v) is 10.0. The molecule has 0 fully saturated rings. The van der Waals surface area contributed by atoms with Crippen LogP contribution in [0, 0.1) is 11.7 Å². The van der Waals surface area contributed by atoms with Crippen molar-refractivity contribution in [2.24, 2.45) is 5.92 Å². The quantitative estimate of drug-likeness (QED) is 0.739. The van der Waals surface area contributed by atoms with Gasteiger partial charge in [-0.05, 0) is 27.9 Å². The molecule has 0 saturated heterocycles. The lowest BCUT2D eigenvalue weighted by molar-refractivity contribution is 0.244. The van der Waals surface area contributed by atoms with E-state index in [0.29, 0.717) is 22.4 Å². The first-order chi connectivity index (χ1) is 7.04. The van der Waals surface area contributed by atoms with Crippen LogP contribution in [0.15, 0.2) is 16.6 Å². The second-order valence-electron chi connectivity index (χ2n) is 3.52. The van der Waals surface area contributed by atoms with Crippen LogP contribution in [0.1, 0.15) is 6.92 Å². The first-order valence-electron chi connectivity index (χ1n) is 4.63. The molecule has 0 spiro atoms. The van der Waals surface area contributed by atoms with Crippen LogP contribution in [0.5, 0.6) is 0 Å². The summed E-state index contributed by atoms with van der Waals surface area (Å²) < 4.78 is 13.4. The number of hydrogen-bond acceptors (Lipinski definition) is 3. The summed E-state index contributed by atoms with van der Waals surface area (Å²) in [6, 6.07) is 2.85. The van der Waals surface area contributed by atoms with E-state index in [1.54, 1.807) is 6.07 Å². The highest BCUT2D eigenvalue weighted by Gasteiger charge is 2.06. The van der Waals surface area contributed by atoms with Crippen molar-refractivity contribution in [3.8, 4) is 0 Å². The van der Waals surface area contributed by atoms with Crippen molar-refractivity contribution in [1.82, 2.24) is 0 Å². The van der Waals surface area contributed by atoms with Gasteiger partial charge in [0.05, 0.1) is 15.8 Å². The molecule has 1 aromatic rings. The summed E-state index contributed by atoms with van der Waals surface area (Å²) in [5.41, 5.74) is 6.66. The number of nitrogens with two attached hydrogens (primary N) is 1. The van der Waals surface area contributed by atoms with E-state index in [2.05, 4.69) is 21.2 Å². The molecule has 0 radical (unpaired) electrons. The largest absolute Gasteiger partial charge is 0.397 e. The van der Waals surface area contributed by atoms with Crippen molar-refractivity contribution in [1.29, 1.82) is 0 Å². The summed E-state index contributed by atoms with van der Waals surface area (Å²) >= 11 is 3.08. The Hall–Kier alpha value is -0.810. The average Bonchev–Trinajstić information content (AvgIpc) is 2.21. The number of benzene rings is 1. The van der Waals surface area contributed by atoms with E-state index < -0.39 is 0 Å². The lowest BCUT2D eigenvalue weighted by atomic mass is 10.2. The number of aliphatic hydroxyl groups is 1. The van der Waals surface area contributed by atoms with Crippen molar-refractivity contribution in [3.63, 3.8) is 0 Å². The van der Waals surface area contributed by atoms with Crippen LogP contribution in [0.3, 0.4) is 0 Å². The summed E-state index contributed by atoms with van der Waals surface area (Å²) in [7, 11) is 0. The van der Waals surface area contributed by atoms with Crippen LogP contribution in [0.4, 0.5) is 15.8 Å². The molecule has 1 atom stereocenters. The summed E-state index contributed by atoms with van der Waals surface area (Å²) in [4.78, 5) is 0. The minimum Gasteiger partial charge on any atom is -0.397 e. The lowest BCUT2D eigenvalue weighted by Gasteiger charge is -2.13. The fourth-order valence-corrected chi connectivity index (χ4v) is 1.41. The third-order valence-corrected chi connectivity index (χ3v) is 2.65. The highest BCUT2D eigenvalue weighted by Crippen LogP contribution is 2.26. The molecule has 84 valence electrons. The molecule has 0 aromatic heterocycles. The number of halogens is 2. The van der Waals surface area contributed by atoms with Gasteiger partial charge in [-0.15, -0.1) is 0 Å². The smallest absolute Gasteiger partial charge is 0.139 e. The SMILES string of the molecule is CC(CO)CNc1cc(Br)c(F)cc1N. The van der Waals surface area contributed by atoms with Crippen LogP contribution >= 0.6 is 15.9 Å². The Bertz CT molecular complexity index is 346. The van der Waals surface area contributed by atoms with E-state index in [1.807, 2.05) is 6.92 Å². The molecular weight excluding hydrogens is 263 g/mol. The second-order valence-corrected chi connectivity index (χ2v) is 4.38. The van der Waals surface area contributed by atoms with Gasteiger partial charge in [0.25, 0.3) is 0 Å². The summed E-state index contributed by atoms with van der Waals surface area (Å²) in [6.07, 6.45) is 0. The van der Waals surface area contributed by atoms with Gasteiger partial charge in [0, 0.05) is 19.2 Å². The molecule has 0 amide bonds. The maximum Gasteiger partial charge on any atom is 0.139 e. The van der Waals surface area contributed by atoms with Crippen LogP contribution < -0.4 is 11.1 Å². The van der Waals surface area contributed by atoms with Gasteiger partial charge in [0.15, 0.2) is 0 Å².